The molecule has 0 spiro atoms. The van der Waals surface area contributed by atoms with E-state index in [-0.39, 0.29) is 58.1 Å². The SMILES string of the molecule is [2H]c1cc([2H])c2c(c1[2H])c1c([2H])c([2H])cc([2H])c1n2-c1ccc(-c2cccc3c2oc2ccccc23)cc1-c1nc(-c2ccccc2)nc(-c2cc3ccccc3c3ccccc23)n1. The van der Waals surface area contributed by atoms with Crippen LogP contribution in [0.2, 0.25) is 0 Å². The first-order valence-corrected chi connectivity index (χ1v) is 19.0. The summed E-state index contributed by atoms with van der Waals surface area (Å²) >= 11 is 0. The van der Waals surface area contributed by atoms with Gasteiger partial charge in [-0.25, -0.2) is 15.0 Å². The van der Waals surface area contributed by atoms with E-state index in [1.807, 2.05) is 115 Å². The van der Waals surface area contributed by atoms with E-state index in [1.54, 1.807) is 4.57 Å². The number of hydrogen-bond donors (Lipinski definition) is 0. The van der Waals surface area contributed by atoms with Gasteiger partial charge in [-0.2, -0.15) is 0 Å². The third-order valence-corrected chi connectivity index (χ3v) is 11.0. The molecule has 0 amide bonds. The molecule has 3 aromatic heterocycles. The van der Waals surface area contributed by atoms with Crippen LogP contribution in [0.5, 0.6) is 0 Å². The molecule has 12 aromatic rings. The minimum atomic E-state index is -0.194. The third kappa shape index (κ3) is 5.00. The lowest BCUT2D eigenvalue weighted by Crippen LogP contribution is -2.04. The molecule has 0 saturated carbocycles. The lowest BCUT2D eigenvalue weighted by molar-refractivity contribution is 0.670. The molecule has 0 aliphatic heterocycles. The smallest absolute Gasteiger partial charge is 0.166 e. The Balaban J connectivity index is 1.23. The molecule has 270 valence electrons. The molecule has 0 N–H and O–H groups in total. The largest absolute Gasteiger partial charge is 0.455 e. The second-order valence-electron chi connectivity index (χ2n) is 14.3. The standard InChI is InChI=1S/C53H32N4O/c1-2-15-33(16-3-1)51-54-52(44-31-34-17-4-5-18-36(34)38-19-6-7-20-39(38)44)56-53(55-51)45-32-35(37-24-14-25-43-42-23-10-13-28-49(42)58-50(37)43)29-30-48(45)57-46-26-11-8-21-40(46)41-22-9-12-27-47(41)57/h1-32H/i8D,9D,21D,22D,26D,27D. The predicted octanol–water partition coefficient (Wildman–Crippen LogP) is 13.8. The van der Waals surface area contributed by atoms with Crippen molar-refractivity contribution in [3.63, 3.8) is 0 Å². The Kier molecular flexibility index (Phi) is 5.94. The number of furan rings is 1. The van der Waals surface area contributed by atoms with Crippen LogP contribution in [0.25, 0.3) is 116 Å². The van der Waals surface area contributed by atoms with Crippen molar-refractivity contribution >= 4 is 65.3 Å². The number of hydrogen-bond acceptors (Lipinski definition) is 4. The molecule has 0 atom stereocenters. The Hall–Kier alpha value is -7.89. The molecule has 5 nitrogen and oxygen atoms in total. The monoisotopic (exact) mass is 746 g/mol. The van der Waals surface area contributed by atoms with Gasteiger partial charge in [-0.1, -0.05) is 158 Å². The van der Waals surface area contributed by atoms with Gasteiger partial charge in [0.15, 0.2) is 17.5 Å². The minimum absolute atomic E-state index is 0.0662. The molecule has 0 radical (unpaired) electrons. The Bertz CT molecular complexity index is 3870. The zero-order chi connectivity index (χ0) is 43.4. The van der Waals surface area contributed by atoms with Gasteiger partial charge in [0, 0.05) is 43.8 Å². The van der Waals surface area contributed by atoms with Gasteiger partial charge in [0.25, 0.3) is 0 Å². The first-order chi connectivity index (χ1) is 31.2. The molecule has 0 unspecified atom stereocenters. The normalized spacial score (nSPS) is 13.2. The Labute approximate surface area is 341 Å². The van der Waals surface area contributed by atoms with Crippen molar-refractivity contribution in [2.45, 2.75) is 0 Å². The summed E-state index contributed by atoms with van der Waals surface area (Å²) < 4.78 is 62.3. The maximum atomic E-state index is 9.30. The quantitative estimate of drug-likeness (QED) is 0.165. The van der Waals surface area contributed by atoms with Gasteiger partial charge in [-0.05, 0) is 63.5 Å². The average molecular weight is 747 g/mol. The molecule has 12 rings (SSSR count). The van der Waals surface area contributed by atoms with E-state index in [2.05, 4.69) is 30.3 Å². The summed E-state index contributed by atoms with van der Waals surface area (Å²) in [6.45, 7) is 0. The fourth-order valence-electron chi connectivity index (χ4n) is 8.38. The van der Waals surface area contributed by atoms with Crippen molar-refractivity contribution in [3.8, 4) is 51.0 Å². The molecule has 9 aromatic carbocycles. The van der Waals surface area contributed by atoms with Gasteiger partial charge < -0.3 is 8.98 Å². The van der Waals surface area contributed by atoms with Gasteiger partial charge >= 0.3 is 0 Å². The van der Waals surface area contributed by atoms with Crippen LogP contribution in [-0.2, 0) is 0 Å². The van der Waals surface area contributed by atoms with E-state index >= 15 is 0 Å². The molecule has 0 fully saturated rings. The van der Waals surface area contributed by atoms with Crippen LogP contribution in [0.15, 0.2) is 198 Å². The number of aromatic nitrogens is 4. The van der Waals surface area contributed by atoms with Crippen LogP contribution >= 0.6 is 0 Å². The van der Waals surface area contributed by atoms with E-state index in [9.17, 15) is 2.74 Å². The summed E-state index contributed by atoms with van der Waals surface area (Å²) in [5.41, 5.74) is 6.09. The molecular weight excluding hydrogens is 709 g/mol. The molecule has 0 aliphatic rings. The summed E-state index contributed by atoms with van der Waals surface area (Å²) in [6, 6.07) is 49.8. The highest BCUT2D eigenvalue weighted by Gasteiger charge is 2.22. The summed E-state index contributed by atoms with van der Waals surface area (Å²) in [6.07, 6.45) is 0. The van der Waals surface area contributed by atoms with E-state index in [0.717, 1.165) is 60.2 Å². The fraction of sp³-hybridized carbons (Fsp3) is 0. The Morgan fingerprint density at radius 1 is 0.414 bits per heavy atom. The van der Waals surface area contributed by atoms with Gasteiger partial charge in [-0.3, -0.25) is 0 Å². The van der Waals surface area contributed by atoms with Crippen LogP contribution < -0.4 is 0 Å². The number of nitrogens with zero attached hydrogens (tertiary/aromatic N) is 4. The van der Waals surface area contributed by atoms with Crippen molar-refractivity contribution in [1.82, 2.24) is 19.5 Å². The molecular formula is C53H32N4O. The fourth-order valence-corrected chi connectivity index (χ4v) is 8.38. The number of benzene rings is 9. The lowest BCUT2D eigenvalue weighted by Gasteiger charge is -2.17. The second-order valence-corrected chi connectivity index (χ2v) is 14.3. The van der Waals surface area contributed by atoms with Crippen LogP contribution in [-0.4, -0.2) is 19.5 Å². The Morgan fingerprint density at radius 3 is 1.84 bits per heavy atom. The molecule has 5 heteroatoms. The molecule has 58 heavy (non-hydrogen) atoms. The van der Waals surface area contributed by atoms with Crippen LogP contribution in [0.1, 0.15) is 8.22 Å². The van der Waals surface area contributed by atoms with Gasteiger partial charge in [-0.15, -0.1) is 0 Å². The minimum Gasteiger partial charge on any atom is -0.455 e. The molecule has 0 saturated heterocycles. The maximum absolute atomic E-state index is 9.30. The highest BCUT2D eigenvalue weighted by Crippen LogP contribution is 2.42. The zero-order valence-electron chi connectivity index (χ0n) is 36.7. The first kappa shape index (κ1) is 26.8. The van der Waals surface area contributed by atoms with Crippen LogP contribution in [0.4, 0.5) is 0 Å². The van der Waals surface area contributed by atoms with Crippen molar-refractivity contribution in [2.75, 3.05) is 0 Å². The van der Waals surface area contributed by atoms with Crippen LogP contribution in [0, 0.1) is 0 Å². The maximum Gasteiger partial charge on any atom is 0.166 e. The average Bonchev–Trinajstić information content (AvgIpc) is 3.90. The van der Waals surface area contributed by atoms with E-state index in [4.69, 9.17) is 24.9 Å². The predicted molar refractivity (Wildman–Crippen MR) is 238 cm³/mol. The summed E-state index contributed by atoms with van der Waals surface area (Å²) in [7, 11) is 0. The highest BCUT2D eigenvalue weighted by molar-refractivity contribution is 6.14. The van der Waals surface area contributed by atoms with E-state index < -0.39 is 0 Å². The van der Waals surface area contributed by atoms with Crippen molar-refractivity contribution in [1.29, 1.82) is 0 Å². The van der Waals surface area contributed by atoms with Crippen LogP contribution in [0.3, 0.4) is 0 Å². The zero-order valence-corrected chi connectivity index (χ0v) is 30.7. The highest BCUT2D eigenvalue weighted by atomic mass is 16.3. The lowest BCUT2D eigenvalue weighted by atomic mass is 9.96. The van der Waals surface area contributed by atoms with E-state index in [1.165, 1.54) is 12.1 Å². The van der Waals surface area contributed by atoms with Crippen molar-refractivity contribution < 1.29 is 12.6 Å². The van der Waals surface area contributed by atoms with Gasteiger partial charge in [0.1, 0.15) is 11.2 Å². The third-order valence-electron chi connectivity index (χ3n) is 11.0. The van der Waals surface area contributed by atoms with Crippen molar-refractivity contribution in [2.24, 2.45) is 0 Å². The second kappa shape index (κ2) is 12.8. The topological polar surface area (TPSA) is 56.7 Å². The summed E-state index contributed by atoms with van der Waals surface area (Å²) in [4.78, 5) is 15.7. The van der Waals surface area contributed by atoms with E-state index in [0.29, 0.717) is 34.3 Å². The van der Waals surface area contributed by atoms with Gasteiger partial charge in [0.2, 0.25) is 0 Å². The molecule has 0 aliphatic carbocycles. The Morgan fingerprint density at radius 2 is 1.05 bits per heavy atom. The van der Waals surface area contributed by atoms with Gasteiger partial charge in [0.05, 0.1) is 24.9 Å². The number of rotatable bonds is 5. The summed E-state index contributed by atoms with van der Waals surface area (Å²) in [5.74, 6) is 1.16. The number of fused-ring (bicyclic) bond motifs is 9. The number of para-hydroxylation sites is 4. The van der Waals surface area contributed by atoms with Crippen molar-refractivity contribution in [3.05, 3.63) is 194 Å². The molecule has 3 heterocycles. The first-order valence-electron chi connectivity index (χ1n) is 22.0. The molecule has 0 bridgehead atoms. The summed E-state index contributed by atoms with van der Waals surface area (Å²) in [5, 5.41) is 6.41.